The Morgan fingerprint density at radius 1 is 1.19 bits per heavy atom. The third-order valence-electron chi connectivity index (χ3n) is 3.70. The average Bonchev–Trinajstić information content (AvgIpc) is 2.94. The number of hydrogen-bond acceptors (Lipinski definition) is 4. The molecule has 0 aliphatic carbocycles. The molecule has 0 bridgehead atoms. The Bertz CT molecular complexity index is 633. The standard InChI is InChI=1S/C15H16ClN3OS/c1-11-14(21-10-17-11)15(20)19-8-6-18(7-9-19)13-4-2-12(16)3-5-13/h2-5,10H,6-9H2,1H3. The van der Waals surface area contributed by atoms with Gasteiger partial charge in [0.2, 0.25) is 0 Å². The summed E-state index contributed by atoms with van der Waals surface area (Å²) in [7, 11) is 0. The van der Waals surface area contributed by atoms with Crippen molar-refractivity contribution in [1.82, 2.24) is 9.88 Å². The van der Waals surface area contributed by atoms with Crippen molar-refractivity contribution in [3.63, 3.8) is 0 Å². The number of hydrogen-bond donors (Lipinski definition) is 0. The second-order valence-corrected chi connectivity index (χ2v) is 6.31. The van der Waals surface area contributed by atoms with Crippen molar-refractivity contribution in [2.45, 2.75) is 6.92 Å². The van der Waals surface area contributed by atoms with E-state index in [2.05, 4.69) is 9.88 Å². The highest BCUT2D eigenvalue weighted by Gasteiger charge is 2.24. The Kier molecular flexibility index (Phi) is 4.12. The zero-order chi connectivity index (χ0) is 14.8. The first-order valence-electron chi connectivity index (χ1n) is 6.85. The Hall–Kier alpha value is -1.59. The minimum atomic E-state index is 0.103. The number of anilines is 1. The summed E-state index contributed by atoms with van der Waals surface area (Å²) in [5.41, 5.74) is 3.71. The monoisotopic (exact) mass is 321 g/mol. The molecule has 1 fully saturated rings. The molecule has 110 valence electrons. The van der Waals surface area contributed by atoms with Gasteiger partial charge in [-0.25, -0.2) is 4.98 Å². The van der Waals surface area contributed by atoms with Crippen molar-refractivity contribution in [3.05, 3.63) is 45.4 Å². The molecule has 0 spiro atoms. The minimum absolute atomic E-state index is 0.103. The van der Waals surface area contributed by atoms with Crippen LogP contribution in [0.4, 0.5) is 5.69 Å². The van der Waals surface area contributed by atoms with Crippen molar-refractivity contribution >= 4 is 34.5 Å². The van der Waals surface area contributed by atoms with E-state index in [-0.39, 0.29) is 5.91 Å². The summed E-state index contributed by atoms with van der Waals surface area (Å²) in [5.74, 6) is 0.103. The fourth-order valence-electron chi connectivity index (χ4n) is 2.47. The predicted molar refractivity (Wildman–Crippen MR) is 86.4 cm³/mol. The first-order valence-corrected chi connectivity index (χ1v) is 8.11. The van der Waals surface area contributed by atoms with Crippen LogP contribution in [0.1, 0.15) is 15.4 Å². The second-order valence-electron chi connectivity index (χ2n) is 5.02. The number of benzene rings is 1. The van der Waals surface area contributed by atoms with Crippen molar-refractivity contribution in [2.24, 2.45) is 0 Å². The van der Waals surface area contributed by atoms with E-state index in [0.29, 0.717) is 0 Å². The molecule has 0 saturated carbocycles. The fraction of sp³-hybridized carbons (Fsp3) is 0.333. The molecule has 21 heavy (non-hydrogen) atoms. The topological polar surface area (TPSA) is 36.4 Å². The highest BCUT2D eigenvalue weighted by Crippen LogP contribution is 2.21. The summed E-state index contributed by atoms with van der Waals surface area (Å²) in [6, 6.07) is 7.84. The molecule has 6 heteroatoms. The van der Waals surface area contributed by atoms with Gasteiger partial charge in [-0.15, -0.1) is 11.3 Å². The molecule has 3 rings (SSSR count). The number of piperazine rings is 1. The van der Waals surface area contributed by atoms with Gasteiger partial charge in [0.15, 0.2) is 0 Å². The summed E-state index contributed by atoms with van der Waals surface area (Å²) in [5, 5.41) is 0.744. The molecule has 1 saturated heterocycles. The molecule has 2 heterocycles. The van der Waals surface area contributed by atoms with Crippen molar-refractivity contribution in [2.75, 3.05) is 31.1 Å². The molecule has 0 atom stereocenters. The molecular formula is C15H16ClN3OS. The third kappa shape index (κ3) is 3.04. The first kappa shape index (κ1) is 14.4. The molecular weight excluding hydrogens is 306 g/mol. The van der Waals surface area contributed by atoms with Gasteiger partial charge in [-0.2, -0.15) is 0 Å². The van der Waals surface area contributed by atoms with Gasteiger partial charge in [0.05, 0.1) is 11.2 Å². The molecule has 1 aliphatic heterocycles. The summed E-state index contributed by atoms with van der Waals surface area (Å²) in [6.45, 7) is 5.03. The van der Waals surface area contributed by atoms with E-state index in [1.165, 1.54) is 11.3 Å². The molecule has 1 aromatic heterocycles. The van der Waals surface area contributed by atoms with Crippen LogP contribution in [0.5, 0.6) is 0 Å². The number of halogens is 1. The summed E-state index contributed by atoms with van der Waals surface area (Å²) >= 11 is 7.33. The van der Waals surface area contributed by atoms with E-state index in [9.17, 15) is 4.79 Å². The first-order chi connectivity index (χ1) is 10.1. The van der Waals surface area contributed by atoms with Gasteiger partial charge in [-0.05, 0) is 31.2 Å². The van der Waals surface area contributed by atoms with E-state index < -0.39 is 0 Å². The van der Waals surface area contributed by atoms with Crippen LogP contribution in [-0.4, -0.2) is 42.0 Å². The molecule has 1 aromatic carbocycles. The van der Waals surface area contributed by atoms with Crippen LogP contribution in [0.2, 0.25) is 5.02 Å². The zero-order valence-electron chi connectivity index (χ0n) is 11.8. The van der Waals surface area contributed by atoms with Crippen LogP contribution in [0.3, 0.4) is 0 Å². The van der Waals surface area contributed by atoms with Gasteiger partial charge in [-0.3, -0.25) is 4.79 Å². The number of carbonyl (C=O) groups excluding carboxylic acids is 1. The molecule has 4 nitrogen and oxygen atoms in total. The SMILES string of the molecule is Cc1ncsc1C(=O)N1CCN(c2ccc(Cl)cc2)CC1. The number of rotatable bonds is 2. The number of nitrogens with zero attached hydrogens (tertiary/aromatic N) is 3. The maximum absolute atomic E-state index is 12.4. The van der Waals surface area contributed by atoms with Crippen molar-refractivity contribution in [1.29, 1.82) is 0 Å². The predicted octanol–water partition coefficient (Wildman–Crippen LogP) is 3.07. The normalized spacial score (nSPS) is 15.3. The summed E-state index contributed by atoms with van der Waals surface area (Å²) < 4.78 is 0. The minimum Gasteiger partial charge on any atom is -0.368 e. The lowest BCUT2D eigenvalue weighted by Gasteiger charge is -2.36. The average molecular weight is 322 g/mol. The maximum atomic E-state index is 12.4. The smallest absolute Gasteiger partial charge is 0.265 e. The van der Waals surface area contributed by atoms with Crippen LogP contribution in [0.15, 0.2) is 29.8 Å². The van der Waals surface area contributed by atoms with E-state index in [0.717, 1.165) is 47.5 Å². The Balaban J connectivity index is 1.64. The highest BCUT2D eigenvalue weighted by atomic mass is 35.5. The molecule has 1 aliphatic rings. The number of amides is 1. The number of aryl methyl sites for hydroxylation is 1. The third-order valence-corrected chi connectivity index (χ3v) is 4.87. The van der Waals surface area contributed by atoms with E-state index in [1.807, 2.05) is 36.1 Å². The number of carbonyl (C=O) groups is 1. The van der Waals surface area contributed by atoms with Gasteiger partial charge in [0.25, 0.3) is 5.91 Å². The Labute approximate surface area is 133 Å². The lowest BCUT2D eigenvalue weighted by atomic mass is 10.2. The highest BCUT2D eigenvalue weighted by molar-refractivity contribution is 7.11. The van der Waals surface area contributed by atoms with Gasteiger partial charge in [-0.1, -0.05) is 11.6 Å². The Morgan fingerprint density at radius 2 is 1.86 bits per heavy atom. The molecule has 0 unspecified atom stereocenters. The zero-order valence-corrected chi connectivity index (χ0v) is 13.3. The molecule has 0 radical (unpaired) electrons. The largest absolute Gasteiger partial charge is 0.368 e. The van der Waals surface area contributed by atoms with Gasteiger partial charge in [0, 0.05) is 36.9 Å². The summed E-state index contributed by atoms with van der Waals surface area (Å²) in [6.07, 6.45) is 0. The van der Waals surface area contributed by atoms with Gasteiger partial charge < -0.3 is 9.80 Å². The van der Waals surface area contributed by atoms with Crippen LogP contribution in [0.25, 0.3) is 0 Å². The molecule has 2 aromatic rings. The van der Waals surface area contributed by atoms with Crippen molar-refractivity contribution < 1.29 is 4.79 Å². The van der Waals surface area contributed by atoms with Crippen LogP contribution < -0.4 is 4.90 Å². The summed E-state index contributed by atoms with van der Waals surface area (Å²) in [4.78, 5) is 21.5. The van der Waals surface area contributed by atoms with E-state index in [1.54, 1.807) is 5.51 Å². The van der Waals surface area contributed by atoms with E-state index >= 15 is 0 Å². The number of aromatic nitrogens is 1. The molecule has 0 N–H and O–H groups in total. The lowest BCUT2D eigenvalue weighted by molar-refractivity contribution is 0.0750. The van der Waals surface area contributed by atoms with Crippen LogP contribution in [0, 0.1) is 6.92 Å². The van der Waals surface area contributed by atoms with Gasteiger partial charge in [0.1, 0.15) is 4.88 Å². The van der Waals surface area contributed by atoms with Crippen LogP contribution in [-0.2, 0) is 0 Å². The second kappa shape index (κ2) is 6.03. The number of thiazole rings is 1. The van der Waals surface area contributed by atoms with Crippen LogP contribution >= 0.6 is 22.9 Å². The Morgan fingerprint density at radius 3 is 2.43 bits per heavy atom. The lowest BCUT2D eigenvalue weighted by Crippen LogP contribution is -2.48. The maximum Gasteiger partial charge on any atom is 0.265 e. The molecule has 1 amide bonds. The fourth-order valence-corrected chi connectivity index (χ4v) is 3.37. The van der Waals surface area contributed by atoms with Gasteiger partial charge >= 0.3 is 0 Å². The van der Waals surface area contributed by atoms with E-state index in [4.69, 9.17) is 11.6 Å². The quantitative estimate of drug-likeness (QED) is 0.853. The van der Waals surface area contributed by atoms with Crippen molar-refractivity contribution in [3.8, 4) is 0 Å².